The summed E-state index contributed by atoms with van der Waals surface area (Å²) in [5, 5.41) is 28.8. The van der Waals surface area contributed by atoms with Crippen molar-refractivity contribution in [3.05, 3.63) is 84.5 Å². The summed E-state index contributed by atoms with van der Waals surface area (Å²) < 4.78 is 29.6. The van der Waals surface area contributed by atoms with E-state index in [9.17, 15) is 28.7 Å². The fourth-order valence-corrected chi connectivity index (χ4v) is 6.89. The molecule has 6 rings (SSSR count). The molecule has 5 unspecified atom stereocenters. The van der Waals surface area contributed by atoms with E-state index >= 15 is 0 Å². The van der Waals surface area contributed by atoms with E-state index in [-0.39, 0.29) is 62.3 Å². The molecule has 17 nitrogen and oxygen atoms in total. The third-order valence-corrected chi connectivity index (χ3v) is 9.67. The molecular weight excluding hydrogens is 739 g/mol. The highest BCUT2D eigenvalue weighted by atomic mass is 19.1. The monoisotopic (exact) mass is 786 g/mol. The maximum Gasteiger partial charge on any atom is 0.329 e. The molecule has 1 fully saturated rings. The SMILES string of the molecule is CC1=C\C(O)CC(F)Cc2nc(co2)C(=O)N2CCCC2C(=O)OC(C(C)C)C(CC(=O)NCCn2cc(-c3cnc4cccnn34)nn2)/C=C/C(=O)NC\C=C\1. The second-order valence-electron chi connectivity index (χ2n) is 14.5. The van der Waals surface area contributed by atoms with Gasteiger partial charge in [0.15, 0.2) is 17.2 Å². The van der Waals surface area contributed by atoms with Crippen molar-refractivity contribution >= 4 is 29.3 Å². The lowest BCUT2D eigenvalue weighted by molar-refractivity contribution is -0.159. The van der Waals surface area contributed by atoms with Crippen molar-refractivity contribution < 1.29 is 37.8 Å². The van der Waals surface area contributed by atoms with E-state index in [1.165, 1.54) is 17.1 Å². The van der Waals surface area contributed by atoms with Crippen LogP contribution < -0.4 is 10.6 Å². The van der Waals surface area contributed by atoms with Crippen LogP contribution in [0.1, 0.15) is 62.8 Å². The number of nitrogens with one attached hydrogen (secondary N) is 2. The molecule has 3 N–H and O–H groups in total. The molecule has 2 aliphatic rings. The van der Waals surface area contributed by atoms with Gasteiger partial charge in [-0.05, 0) is 43.9 Å². The number of imidazole rings is 1. The second-order valence-corrected chi connectivity index (χ2v) is 14.5. The standard InChI is InChI=1S/C39H47FN10O7/c1-24(2)37-26(18-35(53)42-14-16-48-22-29(46-47-48)32-21-43-33-9-5-13-44-50(32)33)10-11-34(52)41-12-4-7-25(3)17-28(51)19-27(40)20-36-45-30(23-56-36)38(54)49-15-6-8-31(49)39(55)57-37/h4-5,7,9-11,13,17,21-24,26-28,31,37,51H,6,8,12,14-16,18-20H2,1-3H3,(H,41,52)(H,42,53)/b7-4+,11-10+,25-17+. The molecule has 6 heterocycles. The molecule has 2 bridgehead atoms. The first kappa shape index (κ1) is 40.6. The summed E-state index contributed by atoms with van der Waals surface area (Å²) in [7, 11) is 0. The molecule has 4 aromatic rings. The molecule has 5 atom stereocenters. The van der Waals surface area contributed by atoms with E-state index in [2.05, 4.69) is 36.0 Å². The number of nitrogens with zero attached hydrogens (tertiary/aromatic N) is 8. The van der Waals surface area contributed by atoms with Gasteiger partial charge in [-0.15, -0.1) is 5.10 Å². The van der Waals surface area contributed by atoms with E-state index in [0.717, 1.165) is 6.26 Å². The van der Waals surface area contributed by atoms with Crippen LogP contribution in [0.4, 0.5) is 4.39 Å². The maximum atomic E-state index is 14.9. The lowest BCUT2D eigenvalue weighted by atomic mass is 9.89. The zero-order valence-corrected chi connectivity index (χ0v) is 32.0. The van der Waals surface area contributed by atoms with Crippen molar-refractivity contribution in [2.75, 3.05) is 19.6 Å². The van der Waals surface area contributed by atoms with Crippen LogP contribution in [-0.4, -0.2) is 112 Å². The van der Waals surface area contributed by atoms with Gasteiger partial charge in [0.1, 0.15) is 36.0 Å². The number of fused-ring (bicyclic) bond motifs is 4. The Labute approximate surface area is 328 Å². The van der Waals surface area contributed by atoms with Gasteiger partial charge in [0, 0.05) is 44.6 Å². The van der Waals surface area contributed by atoms with Gasteiger partial charge in [0.25, 0.3) is 5.91 Å². The summed E-state index contributed by atoms with van der Waals surface area (Å²) >= 11 is 0. The first-order chi connectivity index (χ1) is 27.4. The largest absolute Gasteiger partial charge is 0.460 e. The Morgan fingerprint density at radius 2 is 2.04 bits per heavy atom. The highest BCUT2D eigenvalue weighted by molar-refractivity contribution is 5.95. The number of ether oxygens (including phenoxy) is 1. The summed E-state index contributed by atoms with van der Waals surface area (Å²) in [5.41, 5.74) is 2.48. The number of alkyl halides is 1. The molecule has 0 aromatic carbocycles. The molecule has 0 saturated carbocycles. The molecule has 302 valence electrons. The van der Waals surface area contributed by atoms with E-state index in [1.807, 2.05) is 19.9 Å². The Morgan fingerprint density at radius 1 is 1.19 bits per heavy atom. The van der Waals surface area contributed by atoms with E-state index in [0.29, 0.717) is 42.0 Å². The van der Waals surface area contributed by atoms with Gasteiger partial charge in [-0.3, -0.25) is 19.1 Å². The molecule has 0 aliphatic carbocycles. The van der Waals surface area contributed by atoms with Crippen LogP contribution in [0, 0.1) is 11.8 Å². The topological polar surface area (TPSA) is 212 Å². The number of allylic oxidation sites excluding steroid dienone is 2. The third-order valence-electron chi connectivity index (χ3n) is 9.67. The van der Waals surface area contributed by atoms with Crippen LogP contribution in [0.5, 0.6) is 0 Å². The number of oxazole rings is 1. The number of aliphatic hydroxyl groups excluding tert-OH is 1. The van der Waals surface area contributed by atoms with Crippen LogP contribution in [0.3, 0.4) is 0 Å². The van der Waals surface area contributed by atoms with Gasteiger partial charge in [-0.2, -0.15) is 5.10 Å². The molecule has 0 spiro atoms. The third kappa shape index (κ3) is 10.6. The Balaban J connectivity index is 1.17. The molecule has 18 heteroatoms. The molecule has 4 aromatic heterocycles. The highest BCUT2D eigenvalue weighted by Crippen LogP contribution is 2.27. The molecule has 57 heavy (non-hydrogen) atoms. The van der Waals surface area contributed by atoms with Crippen LogP contribution in [0.15, 0.2) is 77.4 Å². The van der Waals surface area contributed by atoms with Crippen molar-refractivity contribution in [2.45, 2.75) is 83.8 Å². The Bertz CT molecular complexity index is 2140. The first-order valence-corrected chi connectivity index (χ1v) is 19.0. The minimum atomic E-state index is -1.51. The summed E-state index contributed by atoms with van der Waals surface area (Å²) in [5.74, 6) is -3.03. The van der Waals surface area contributed by atoms with E-state index in [1.54, 1.807) is 59.0 Å². The van der Waals surface area contributed by atoms with Crippen molar-refractivity contribution in [1.29, 1.82) is 0 Å². The second kappa shape index (κ2) is 18.7. The summed E-state index contributed by atoms with van der Waals surface area (Å²) in [4.78, 5) is 63.6. The maximum absolute atomic E-state index is 14.9. The average molecular weight is 787 g/mol. The molecule has 2 aliphatic heterocycles. The van der Waals surface area contributed by atoms with Gasteiger partial charge < -0.3 is 29.8 Å². The fourth-order valence-electron chi connectivity index (χ4n) is 6.89. The number of hydrogen-bond donors (Lipinski definition) is 3. The summed E-state index contributed by atoms with van der Waals surface area (Å²) in [6.07, 6.45) is 10.7. The van der Waals surface area contributed by atoms with Gasteiger partial charge in [0.2, 0.25) is 11.8 Å². The summed E-state index contributed by atoms with van der Waals surface area (Å²) in [6.45, 7) is 6.36. The van der Waals surface area contributed by atoms with Gasteiger partial charge in [-0.1, -0.05) is 48.9 Å². The number of carbonyl (C=O) groups excluding carboxylic acids is 4. The minimum absolute atomic E-state index is 0.00853. The van der Waals surface area contributed by atoms with Gasteiger partial charge >= 0.3 is 5.97 Å². The first-order valence-electron chi connectivity index (χ1n) is 19.0. The highest BCUT2D eigenvalue weighted by Gasteiger charge is 2.39. The van der Waals surface area contributed by atoms with E-state index < -0.39 is 48.1 Å². The Morgan fingerprint density at radius 3 is 2.86 bits per heavy atom. The van der Waals surface area contributed by atoms with Crippen LogP contribution in [0.25, 0.3) is 17.0 Å². The lowest BCUT2D eigenvalue weighted by Gasteiger charge is -2.30. The van der Waals surface area contributed by atoms with Crippen molar-refractivity contribution in [1.82, 2.24) is 50.1 Å². The number of esters is 1. The van der Waals surface area contributed by atoms with Crippen LogP contribution in [0.2, 0.25) is 0 Å². The quantitative estimate of drug-likeness (QED) is 0.231. The number of halogens is 1. The summed E-state index contributed by atoms with van der Waals surface area (Å²) in [6, 6.07) is 2.68. The number of aromatic nitrogens is 7. The zero-order valence-electron chi connectivity index (χ0n) is 32.0. The zero-order chi connectivity index (χ0) is 40.5. The minimum Gasteiger partial charge on any atom is -0.460 e. The predicted molar refractivity (Wildman–Crippen MR) is 203 cm³/mol. The fraction of sp³-hybridized carbons (Fsp3) is 0.462. The van der Waals surface area contributed by atoms with Gasteiger partial charge in [-0.25, -0.2) is 23.7 Å². The van der Waals surface area contributed by atoms with Crippen molar-refractivity contribution in [2.24, 2.45) is 11.8 Å². The molecular formula is C39H47FN10O7. The van der Waals surface area contributed by atoms with Crippen LogP contribution >= 0.6 is 0 Å². The Hall–Kier alpha value is -6.04. The number of aliphatic hydroxyl groups is 1. The average Bonchev–Trinajstić information content (AvgIpc) is 4.00. The number of hydrogen-bond acceptors (Lipinski definition) is 12. The van der Waals surface area contributed by atoms with E-state index in [4.69, 9.17) is 9.15 Å². The van der Waals surface area contributed by atoms with Crippen LogP contribution in [-0.2, 0) is 32.1 Å². The number of rotatable bonds is 7. The smallest absolute Gasteiger partial charge is 0.329 e. The molecule has 1 saturated heterocycles. The molecule has 0 radical (unpaired) electrons. The lowest BCUT2D eigenvalue weighted by Crippen LogP contribution is -2.44. The van der Waals surface area contributed by atoms with Crippen molar-refractivity contribution in [3.63, 3.8) is 0 Å². The normalized spacial score (nSPS) is 25.0. The number of amides is 3. The van der Waals surface area contributed by atoms with Crippen molar-refractivity contribution in [3.8, 4) is 11.4 Å². The van der Waals surface area contributed by atoms with Gasteiger partial charge in [0.05, 0.1) is 31.5 Å². The number of cyclic esters (lactones) is 1. The predicted octanol–water partition coefficient (Wildman–Crippen LogP) is 2.79. The number of carbonyl (C=O) groups is 4. The molecule has 3 amide bonds. The Kier molecular flexibility index (Phi) is 13.3.